The molecule has 0 aromatic heterocycles. The highest BCUT2D eigenvalue weighted by Gasteiger charge is 2.08. The van der Waals surface area contributed by atoms with Gasteiger partial charge >= 0.3 is 0 Å². The minimum atomic E-state index is -0.117. The maximum Gasteiger partial charge on any atom is 0.151 e. The van der Waals surface area contributed by atoms with Gasteiger partial charge in [0.2, 0.25) is 0 Å². The Balaban J connectivity index is 2.38. The Labute approximate surface area is 105 Å². The summed E-state index contributed by atoms with van der Waals surface area (Å²) in [5.41, 5.74) is 7.16. The van der Waals surface area contributed by atoms with Crippen molar-refractivity contribution in [2.24, 2.45) is 0 Å². The van der Waals surface area contributed by atoms with Gasteiger partial charge in [-0.3, -0.25) is 0 Å². The van der Waals surface area contributed by atoms with Gasteiger partial charge in [-0.15, -0.1) is 0 Å². The van der Waals surface area contributed by atoms with Crippen LogP contribution in [0.2, 0.25) is 0 Å². The van der Waals surface area contributed by atoms with Gasteiger partial charge in [-0.25, -0.2) is 0 Å². The Hall–Kier alpha value is -2.51. The van der Waals surface area contributed by atoms with Crippen LogP contribution in [-0.2, 0) is 6.61 Å². The van der Waals surface area contributed by atoms with E-state index in [0.717, 1.165) is 0 Å². The Bertz CT molecular complexity index is 603. The van der Waals surface area contributed by atoms with Gasteiger partial charge < -0.3 is 15.6 Å². The monoisotopic (exact) mass is 240 g/mol. The molecule has 4 nitrogen and oxygen atoms in total. The van der Waals surface area contributed by atoms with E-state index in [1.54, 1.807) is 36.4 Å². The Morgan fingerprint density at radius 2 is 1.83 bits per heavy atom. The summed E-state index contributed by atoms with van der Waals surface area (Å²) in [6.07, 6.45) is 0. The maximum atomic E-state index is 9.20. The second kappa shape index (κ2) is 5.21. The summed E-state index contributed by atoms with van der Waals surface area (Å²) in [6.45, 7) is -0.117. The summed E-state index contributed by atoms with van der Waals surface area (Å²) in [7, 11) is 0. The van der Waals surface area contributed by atoms with Crippen LogP contribution in [0.5, 0.6) is 11.5 Å². The van der Waals surface area contributed by atoms with Crippen molar-refractivity contribution in [3.05, 3.63) is 53.6 Å². The highest BCUT2D eigenvalue weighted by molar-refractivity contribution is 5.64. The largest absolute Gasteiger partial charge is 0.455 e. The van der Waals surface area contributed by atoms with Gasteiger partial charge in [0.15, 0.2) is 5.75 Å². The van der Waals surface area contributed by atoms with Crippen LogP contribution in [0.25, 0.3) is 0 Å². The number of hydrogen-bond acceptors (Lipinski definition) is 4. The summed E-state index contributed by atoms with van der Waals surface area (Å²) in [4.78, 5) is 0. The molecule has 2 aromatic rings. The third-order valence-corrected chi connectivity index (χ3v) is 2.55. The number of rotatable bonds is 3. The van der Waals surface area contributed by atoms with Crippen molar-refractivity contribution in [2.75, 3.05) is 5.73 Å². The second-order valence-electron chi connectivity index (χ2n) is 3.70. The smallest absolute Gasteiger partial charge is 0.151 e. The molecule has 0 saturated heterocycles. The number of nitrogen functional groups attached to an aromatic ring is 1. The quantitative estimate of drug-likeness (QED) is 0.807. The van der Waals surface area contributed by atoms with Crippen molar-refractivity contribution in [2.45, 2.75) is 6.61 Å². The molecule has 90 valence electrons. The number of nitrogens with zero attached hydrogens (tertiary/aromatic N) is 1. The molecule has 0 aliphatic rings. The van der Waals surface area contributed by atoms with E-state index in [9.17, 15) is 5.11 Å². The highest BCUT2D eigenvalue weighted by Crippen LogP contribution is 2.31. The molecule has 0 radical (unpaired) electrons. The summed E-state index contributed by atoms with van der Waals surface area (Å²) in [5.74, 6) is 0.941. The van der Waals surface area contributed by atoms with Gasteiger partial charge in [-0.1, -0.05) is 24.3 Å². The van der Waals surface area contributed by atoms with E-state index in [1.807, 2.05) is 12.1 Å². The Morgan fingerprint density at radius 3 is 2.56 bits per heavy atom. The Morgan fingerprint density at radius 1 is 1.11 bits per heavy atom. The molecule has 18 heavy (non-hydrogen) atoms. The number of benzene rings is 2. The zero-order chi connectivity index (χ0) is 13.0. The number of nitrogens with two attached hydrogens (primary N) is 1. The standard InChI is InChI=1S/C14H12N2O2/c15-8-10-5-3-7-13(14(10)16)18-12-6-2-1-4-11(12)9-17/h1-7,17H,9,16H2. The normalized spacial score (nSPS) is 9.78. The summed E-state index contributed by atoms with van der Waals surface area (Å²) >= 11 is 0. The number of anilines is 1. The molecule has 0 saturated carbocycles. The molecule has 4 heteroatoms. The molecule has 2 aromatic carbocycles. The summed E-state index contributed by atoms with van der Waals surface area (Å²) in [6, 6.07) is 14.1. The molecule has 3 N–H and O–H groups in total. The third-order valence-electron chi connectivity index (χ3n) is 2.55. The van der Waals surface area contributed by atoms with Gasteiger partial charge in [0, 0.05) is 5.56 Å². The number of para-hydroxylation sites is 2. The van der Waals surface area contributed by atoms with Crippen molar-refractivity contribution in [1.29, 1.82) is 5.26 Å². The number of nitriles is 1. The first-order valence-corrected chi connectivity index (χ1v) is 5.41. The van der Waals surface area contributed by atoms with Crippen molar-refractivity contribution in [3.8, 4) is 17.6 Å². The van der Waals surface area contributed by atoms with Gasteiger partial charge in [-0.2, -0.15) is 5.26 Å². The van der Waals surface area contributed by atoms with Crippen LogP contribution in [0.4, 0.5) is 5.69 Å². The fourth-order valence-electron chi connectivity index (χ4n) is 1.58. The summed E-state index contributed by atoms with van der Waals surface area (Å²) in [5, 5.41) is 18.1. The van der Waals surface area contributed by atoms with Crippen molar-refractivity contribution >= 4 is 5.69 Å². The predicted molar refractivity (Wildman–Crippen MR) is 68.0 cm³/mol. The summed E-state index contributed by atoms with van der Waals surface area (Å²) < 4.78 is 5.64. The molecular weight excluding hydrogens is 228 g/mol. The van der Waals surface area contributed by atoms with Crippen LogP contribution in [-0.4, -0.2) is 5.11 Å². The number of aliphatic hydroxyl groups is 1. The first-order valence-electron chi connectivity index (χ1n) is 5.41. The van der Waals surface area contributed by atoms with Crippen molar-refractivity contribution in [3.63, 3.8) is 0 Å². The molecule has 0 fully saturated rings. The molecule has 0 atom stereocenters. The van der Waals surface area contributed by atoms with E-state index in [1.165, 1.54) is 0 Å². The molecule has 0 aliphatic carbocycles. The highest BCUT2D eigenvalue weighted by atomic mass is 16.5. The lowest BCUT2D eigenvalue weighted by Crippen LogP contribution is -1.97. The molecule has 0 bridgehead atoms. The first-order chi connectivity index (χ1) is 8.76. The van der Waals surface area contributed by atoms with E-state index in [4.69, 9.17) is 15.7 Å². The number of aliphatic hydroxyl groups excluding tert-OH is 1. The fraction of sp³-hybridized carbons (Fsp3) is 0.0714. The Kier molecular flexibility index (Phi) is 3.46. The topological polar surface area (TPSA) is 79.3 Å². The molecule has 2 rings (SSSR count). The van der Waals surface area contributed by atoms with Crippen LogP contribution in [0.15, 0.2) is 42.5 Å². The van der Waals surface area contributed by atoms with Gasteiger partial charge in [0.05, 0.1) is 17.9 Å². The van der Waals surface area contributed by atoms with Crippen LogP contribution in [0.3, 0.4) is 0 Å². The average Bonchev–Trinajstić information content (AvgIpc) is 2.42. The van der Waals surface area contributed by atoms with Crippen molar-refractivity contribution in [1.82, 2.24) is 0 Å². The maximum absolute atomic E-state index is 9.20. The van der Waals surface area contributed by atoms with Crippen LogP contribution >= 0.6 is 0 Å². The minimum absolute atomic E-state index is 0.117. The minimum Gasteiger partial charge on any atom is -0.455 e. The van der Waals surface area contributed by atoms with E-state index in [2.05, 4.69) is 0 Å². The molecule has 0 heterocycles. The molecule has 0 unspecified atom stereocenters. The molecule has 0 amide bonds. The fourth-order valence-corrected chi connectivity index (χ4v) is 1.58. The van der Waals surface area contributed by atoms with Crippen LogP contribution in [0, 0.1) is 11.3 Å². The van der Waals surface area contributed by atoms with E-state index in [0.29, 0.717) is 28.3 Å². The van der Waals surface area contributed by atoms with Crippen LogP contribution < -0.4 is 10.5 Å². The zero-order valence-corrected chi connectivity index (χ0v) is 9.63. The van der Waals surface area contributed by atoms with Gasteiger partial charge in [0.1, 0.15) is 11.8 Å². The lowest BCUT2D eigenvalue weighted by atomic mass is 10.2. The molecular formula is C14H12N2O2. The van der Waals surface area contributed by atoms with Gasteiger partial charge in [-0.05, 0) is 18.2 Å². The SMILES string of the molecule is N#Cc1cccc(Oc2ccccc2CO)c1N. The van der Waals surface area contributed by atoms with E-state index in [-0.39, 0.29) is 6.61 Å². The van der Waals surface area contributed by atoms with E-state index >= 15 is 0 Å². The molecule has 0 aliphatic heterocycles. The third kappa shape index (κ3) is 2.26. The van der Waals surface area contributed by atoms with Crippen LogP contribution in [0.1, 0.15) is 11.1 Å². The van der Waals surface area contributed by atoms with E-state index < -0.39 is 0 Å². The number of ether oxygens (including phenoxy) is 1. The van der Waals surface area contributed by atoms with Crippen molar-refractivity contribution < 1.29 is 9.84 Å². The second-order valence-corrected chi connectivity index (χ2v) is 3.70. The lowest BCUT2D eigenvalue weighted by molar-refractivity contribution is 0.276. The number of hydrogen-bond donors (Lipinski definition) is 2. The predicted octanol–water partition coefficient (Wildman–Crippen LogP) is 2.43. The zero-order valence-electron chi connectivity index (χ0n) is 9.63. The first kappa shape index (κ1) is 12.0. The van der Waals surface area contributed by atoms with Gasteiger partial charge in [0.25, 0.3) is 0 Å². The average molecular weight is 240 g/mol. The molecule has 0 spiro atoms. The lowest BCUT2D eigenvalue weighted by Gasteiger charge is -2.11.